The number of carbonyl (C=O) groups is 1. The summed E-state index contributed by atoms with van der Waals surface area (Å²) >= 11 is 0. The molecule has 0 aliphatic heterocycles. The van der Waals surface area contributed by atoms with Gasteiger partial charge in [-0.1, -0.05) is 40.6 Å². The van der Waals surface area contributed by atoms with Crippen molar-refractivity contribution in [2.75, 3.05) is 13.2 Å². The number of carbonyl (C=O) groups excluding carboxylic acids is 1. The van der Waals surface area contributed by atoms with Crippen LogP contribution in [0.1, 0.15) is 55.7 Å². The summed E-state index contributed by atoms with van der Waals surface area (Å²) in [5.41, 5.74) is 0.600. The van der Waals surface area contributed by atoms with E-state index in [9.17, 15) is 9.18 Å². The van der Waals surface area contributed by atoms with E-state index >= 15 is 0 Å². The Morgan fingerprint density at radius 2 is 1.89 bits per heavy atom. The number of ether oxygens (including phenoxy) is 3. The molecule has 27 heavy (non-hydrogen) atoms. The number of benzene rings is 1. The molecular formula is C19H24FN3O4. The zero-order valence-electron chi connectivity index (χ0n) is 15.7. The summed E-state index contributed by atoms with van der Waals surface area (Å²) in [5.74, 6) is -2.45. The van der Waals surface area contributed by atoms with Crippen LogP contribution >= 0.6 is 0 Å². The van der Waals surface area contributed by atoms with Gasteiger partial charge in [-0.25, -0.2) is 9.48 Å². The van der Waals surface area contributed by atoms with E-state index in [-0.39, 0.29) is 11.7 Å². The molecule has 1 aliphatic rings. The summed E-state index contributed by atoms with van der Waals surface area (Å²) in [6, 6.07) is 9.01. The molecule has 2 aromatic rings. The lowest BCUT2D eigenvalue weighted by atomic mass is 9.87. The minimum atomic E-state index is -0.942. The average molecular weight is 377 g/mol. The standard InChI is InChI=1S/C19H24FN3O4/c1-4-25-19(26-5-2)11-15(12-19)27-18(24)16-17(20)21-22-23(16)13(3)14-9-7-6-8-10-14/h6-10,13,15H,4-5,11-12H2,1-3H3/t13-/m1/s1. The van der Waals surface area contributed by atoms with Crippen molar-refractivity contribution in [1.82, 2.24) is 15.0 Å². The average Bonchev–Trinajstić information content (AvgIpc) is 3.02. The van der Waals surface area contributed by atoms with E-state index < -0.39 is 23.8 Å². The highest BCUT2D eigenvalue weighted by Crippen LogP contribution is 2.39. The molecule has 0 amide bonds. The zero-order chi connectivity index (χ0) is 19.4. The highest BCUT2D eigenvalue weighted by atomic mass is 19.1. The van der Waals surface area contributed by atoms with Crippen molar-refractivity contribution in [3.05, 3.63) is 47.5 Å². The maximum absolute atomic E-state index is 14.2. The van der Waals surface area contributed by atoms with Gasteiger partial charge in [0.1, 0.15) is 6.10 Å². The first-order chi connectivity index (χ1) is 13.0. The Balaban J connectivity index is 1.71. The van der Waals surface area contributed by atoms with Crippen LogP contribution in [0, 0.1) is 5.95 Å². The van der Waals surface area contributed by atoms with Crippen LogP contribution in [0.2, 0.25) is 0 Å². The lowest BCUT2D eigenvalue weighted by Gasteiger charge is -2.45. The van der Waals surface area contributed by atoms with Crippen LogP contribution in [0.4, 0.5) is 4.39 Å². The maximum atomic E-state index is 14.2. The molecule has 0 N–H and O–H groups in total. The first-order valence-corrected chi connectivity index (χ1v) is 9.14. The molecule has 3 rings (SSSR count). The minimum absolute atomic E-state index is 0.281. The van der Waals surface area contributed by atoms with Crippen LogP contribution in [-0.2, 0) is 14.2 Å². The van der Waals surface area contributed by atoms with E-state index in [4.69, 9.17) is 14.2 Å². The van der Waals surface area contributed by atoms with Crippen molar-refractivity contribution in [3.8, 4) is 0 Å². The molecule has 1 aromatic heterocycles. The third kappa shape index (κ3) is 4.01. The number of hydrogen-bond acceptors (Lipinski definition) is 6. The Bertz CT molecular complexity index is 767. The second-order valence-electron chi connectivity index (χ2n) is 6.47. The van der Waals surface area contributed by atoms with Crippen molar-refractivity contribution in [2.24, 2.45) is 0 Å². The van der Waals surface area contributed by atoms with E-state index in [1.165, 1.54) is 4.68 Å². The van der Waals surface area contributed by atoms with Gasteiger partial charge in [-0.05, 0) is 26.3 Å². The van der Waals surface area contributed by atoms with E-state index in [0.717, 1.165) is 5.56 Å². The Hall–Kier alpha value is -2.32. The third-order valence-corrected chi connectivity index (χ3v) is 4.66. The van der Waals surface area contributed by atoms with Crippen LogP contribution in [-0.4, -0.2) is 46.1 Å². The molecule has 1 heterocycles. The van der Waals surface area contributed by atoms with E-state index in [2.05, 4.69) is 10.3 Å². The predicted octanol–water partition coefficient (Wildman–Crippen LogP) is 3.12. The molecule has 1 aromatic carbocycles. The van der Waals surface area contributed by atoms with E-state index in [0.29, 0.717) is 26.1 Å². The quantitative estimate of drug-likeness (QED) is 0.520. The fourth-order valence-corrected chi connectivity index (χ4v) is 3.32. The van der Waals surface area contributed by atoms with Crippen LogP contribution in [0.5, 0.6) is 0 Å². The van der Waals surface area contributed by atoms with Gasteiger partial charge in [0.25, 0.3) is 5.95 Å². The topological polar surface area (TPSA) is 75.5 Å². The molecule has 1 atom stereocenters. The van der Waals surface area contributed by atoms with Crippen molar-refractivity contribution in [3.63, 3.8) is 0 Å². The molecule has 0 saturated heterocycles. The van der Waals surface area contributed by atoms with Gasteiger partial charge in [0.05, 0.1) is 6.04 Å². The van der Waals surface area contributed by atoms with Gasteiger partial charge < -0.3 is 14.2 Å². The number of aromatic nitrogens is 3. The van der Waals surface area contributed by atoms with Crippen LogP contribution in [0.15, 0.2) is 30.3 Å². The van der Waals surface area contributed by atoms with Crippen LogP contribution in [0.3, 0.4) is 0 Å². The normalized spacial score (nSPS) is 17.3. The third-order valence-electron chi connectivity index (χ3n) is 4.66. The molecular weight excluding hydrogens is 353 g/mol. The smallest absolute Gasteiger partial charge is 0.361 e. The van der Waals surface area contributed by atoms with Crippen molar-refractivity contribution >= 4 is 5.97 Å². The lowest BCUT2D eigenvalue weighted by molar-refractivity contribution is -0.300. The van der Waals surface area contributed by atoms with E-state index in [1.54, 1.807) is 0 Å². The minimum Gasteiger partial charge on any atom is -0.457 e. The summed E-state index contributed by atoms with van der Waals surface area (Å²) in [7, 11) is 0. The molecule has 0 unspecified atom stereocenters. The van der Waals surface area contributed by atoms with Gasteiger partial charge in [0.15, 0.2) is 5.79 Å². The Morgan fingerprint density at radius 1 is 1.26 bits per heavy atom. The van der Waals surface area contributed by atoms with Crippen LogP contribution in [0.25, 0.3) is 0 Å². The second kappa shape index (κ2) is 8.14. The van der Waals surface area contributed by atoms with Gasteiger partial charge >= 0.3 is 5.97 Å². The summed E-state index contributed by atoms with van der Waals surface area (Å²) in [5, 5.41) is 7.21. The van der Waals surface area contributed by atoms with Gasteiger partial charge in [-0.2, -0.15) is 4.39 Å². The number of nitrogens with zero attached hydrogens (tertiary/aromatic N) is 3. The number of hydrogen-bond donors (Lipinski definition) is 0. The highest BCUT2D eigenvalue weighted by molar-refractivity contribution is 5.87. The monoisotopic (exact) mass is 377 g/mol. The molecule has 7 nitrogen and oxygen atoms in total. The van der Waals surface area contributed by atoms with Crippen molar-refractivity contribution in [2.45, 2.75) is 51.5 Å². The van der Waals surface area contributed by atoms with Gasteiger partial charge in [-0.3, -0.25) is 0 Å². The summed E-state index contributed by atoms with van der Waals surface area (Å²) < 4.78 is 32.1. The Labute approximate surface area is 157 Å². The number of rotatable bonds is 8. The molecule has 146 valence electrons. The van der Waals surface area contributed by atoms with Gasteiger partial charge in [-0.15, -0.1) is 0 Å². The molecule has 0 bridgehead atoms. The summed E-state index contributed by atoms with van der Waals surface area (Å²) in [6.07, 6.45) is 0.431. The lowest BCUT2D eigenvalue weighted by Crippen LogP contribution is -2.53. The van der Waals surface area contributed by atoms with E-state index in [1.807, 2.05) is 51.1 Å². The molecule has 8 heteroatoms. The molecule has 1 fully saturated rings. The zero-order valence-corrected chi connectivity index (χ0v) is 15.7. The molecule has 0 radical (unpaired) electrons. The maximum Gasteiger partial charge on any atom is 0.361 e. The summed E-state index contributed by atoms with van der Waals surface area (Å²) in [4.78, 5) is 12.6. The molecule has 1 aliphatic carbocycles. The molecule has 1 saturated carbocycles. The number of halogens is 1. The first-order valence-electron chi connectivity index (χ1n) is 9.14. The fraction of sp³-hybridized carbons (Fsp3) is 0.526. The van der Waals surface area contributed by atoms with Gasteiger partial charge in [0, 0.05) is 26.1 Å². The Morgan fingerprint density at radius 3 is 2.48 bits per heavy atom. The van der Waals surface area contributed by atoms with Crippen molar-refractivity contribution < 1.29 is 23.4 Å². The predicted molar refractivity (Wildman–Crippen MR) is 94.7 cm³/mol. The van der Waals surface area contributed by atoms with Crippen LogP contribution < -0.4 is 0 Å². The highest BCUT2D eigenvalue weighted by Gasteiger charge is 2.49. The SMILES string of the molecule is CCOC1(OCC)CC(OC(=O)c2c(F)nnn2[C@H](C)c2ccccc2)C1. The number of esters is 1. The van der Waals surface area contributed by atoms with Crippen molar-refractivity contribution in [1.29, 1.82) is 0 Å². The fourth-order valence-electron chi connectivity index (χ4n) is 3.32. The Kier molecular flexibility index (Phi) is 5.86. The largest absolute Gasteiger partial charge is 0.457 e. The summed E-state index contributed by atoms with van der Waals surface area (Å²) in [6.45, 7) is 6.58. The van der Waals surface area contributed by atoms with Gasteiger partial charge in [0.2, 0.25) is 5.69 Å². The molecule has 0 spiro atoms. The second-order valence-corrected chi connectivity index (χ2v) is 6.47. The first kappa shape index (κ1) is 19.4.